The molecule has 0 saturated carbocycles. The lowest BCUT2D eigenvalue weighted by Gasteiger charge is -2.04. The van der Waals surface area contributed by atoms with Crippen LogP contribution in [-0.4, -0.2) is 0 Å². The molecule has 2 rings (SSSR count). The smallest absolute Gasteiger partial charge is 0.131 e. The summed E-state index contributed by atoms with van der Waals surface area (Å²) < 4.78 is 26.1. The van der Waals surface area contributed by atoms with Crippen LogP contribution in [0.1, 0.15) is 0 Å². The Morgan fingerprint density at radius 1 is 0.867 bits per heavy atom. The van der Waals surface area contributed by atoms with Crippen molar-refractivity contribution < 1.29 is 8.78 Å². The second-order valence-corrected chi connectivity index (χ2v) is 3.25. The van der Waals surface area contributed by atoms with Gasteiger partial charge in [0.15, 0.2) is 0 Å². The van der Waals surface area contributed by atoms with E-state index in [1.165, 1.54) is 42.5 Å². The topological polar surface area (TPSA) is 26.0 Å². The largest absolute Gasteiger partial charge is 0.399 e. The van der Waals surface area contributed by atoms with Gasteiger partial charge < -0.3 is 5.73 Å². The van der Waals surface area contributed by atoms with Gasteiger partial charge >= 0.3 is 0 Å². The summed E-state index contributed by atoms with van der Waals surface area (Å²) in [6.45, 7) is 0. The van der Waals surface area contributed by atoms with Gasteiger partial charge in [-0.3, -0.25) is 0 Å². The van der Waals surface area contributed by atoms with Crippen molar-refractivity contribution in [1.29, 1.82) is 0 Å². The standard InChI is InChI=1S/C12H9F2N/c13-9-3-1-8(2-4-9)11-7-10(15)5-6-12(11)14/h1-7H,15H2. The van der Waals surface area contributed by atoms with Gasteiger partial charge in [0, 0.05) is 11.3 Å². The van der Waals surface area contributed by atoms with Crippen molar-refractivity contribution in [2.75, 3.05) is 5.73 Å². The Hall–Kier alpha value is -1.90. The molecule has 1 nitrogen and oxygen atoms in total. The van der Waals surface area contributed by atoms with Crippen LogP contribution in [0, 0.1) is 11.6 Å². The lowest BCUT2D eigenvalue weighted by molar-refractivity contribution is 0.626. The van der Waals surface area contributed by atoms with E-state index < -0.39 is 0 Å². The van der Waals surface area contributed by atoms with Crippen LogP contribution in [-0.2, 0) is 0 Å². The number of hydrogen-bond donors (Lipinski definition) is 1. The van der Waals surface area contributed by atoms with Crippen molar-refractivity contribution in [2.45, 2.75) is 0 Å². The lowest BCUT2D eigenvalue weighted by atomic mass is 10.0. The van der Waals surface area contributed by atoms with E-state index >= 15 is 0 Å². The number of nitrogens with two attached hydrogens (primary N) is 1. The fourth-order valence-electron chi connectivity index (χ4n) is 1.39. The van der Waals surface area contributed by atoms with Crippen LogP contribution in [0.2, 0.25) is 0 Å². The molecule has 0 saturated heterocycles. The normalized spacial score (nSPS) is 10.3. The lowest BCUT2D eigenvalue weighted by Crippen LogP contribution is -1.89. The predicted octanol–water partition coefficient (Wildman–Crippen LogP) is 3.21. The minimum absolute atomic E-state index is 0.344. The summed E-state index contributed by atoms with van der Waals surface area (Å²) in [5, 5.41) is 0. The van der Waals surface area contributed by atoms with Gasteiger partial charge in [-0.05, 0) is 35.9 Å². The van der Waals surface area contributed by atoms with E-state index in [9.17, 15) is 8.78 Å². The molecule has 76 valence electrons. The first-order valence-electron chi connectivity index (χ1n) is 4.48. The molecular formula is C12H9F2N. The molecule has 2 N–H and O–H groups in total. The maximum Gasteiger partial charge on any atom is 0.131 e. The van der Waals surface area contributed by atoms with Crippen molar-refractivity contribution in [3.8, 4) is 11.1 Å². The first-order valence-corrected chi connectivity index (χ1v) is 4.48. The van der Waals surface area contributed by atoms with E-state index in [4.69, 9.17) is 5.73 Å². The number of halogens is 2. The zero-order valence-electron chi connectivity index (χ0n) is 7.87. The molecular weight excluding hydrogens is 196 g/mol. The van der Waals surface area contributed by atoms with Crippen molar-refractivity contribution in [2.24, 2.45) is 0 Å². The molecule has 0 aromatic heterocycles. The Kier molecular flexibility index (Phi) is 2.37. The summed E-state index contributed by atoms with van der Waals surface area (Å²) >= 11 is 0. The van der Waals surface area contributed by atoms with E-state index in [1.807, 2.05) is 0 Å². The monoisotopic (exact) mass is 205 g/mol. The first kappa shape index (κ1) is 9.65. The Morgan fingerprint density at radius 3 is 2.20 bits per heavy atom. The highest BCUT2D eigenvalue weighted by atomic mass is 19.1. The van der Waals surface area contributed by atoms with E-state index in [-0.39, 0.29) is 11.6 Å². The summed E-state index contributed by atoms with van der Waals surface area (Å²) in [4.78, 5) is 0. The molecule has 0 aliphatic rings. The minimum Gasteiger partial charge on any atom is -0.399 e. The van der Waals surface area contributed by atoms with Gasteiger partial charge in [-0.2, -0.15) is 0 Å². The van der Waals surface area contributed by atoms with E-state index in [0.29, 0.717) is 16.8 Å². The predicted molar refractivity (Wildman–Crippen MR) is 56.2 cm³/mol. The second kappa shape index (κ2) is 3.69. The van der Waals surface area contributed by atoms with Crippen molar-refractivity contribution in [1.82, 2.24) is 0 Å². The molecule has 0 atom stereocenters. The molecule has 0 heterocycles. The second-order valence-electron chi connectivity index (χ2n) is 3.25. The average Bonchev–Trinajstić information content (AvgIpc) is 2.23. The summed E-state index contributed by atoms with van der Waals surface area (Å²) in [6, 6.07) is 9.94. The zero-order chi connectivity index (χ0) is 10.8. The molecule has 0 spiro atoms. The number of benzene rings is 2. The quantitative estimate of drug-likeness (QED) is 0.711. The van der Waals surface area contributed by atoms with Gasteiger partial charge in [0.25, 0.3) is 0 Å². The molecule has 0 unspecified atom stereocenters. The molecule has 2 aromatic carbocycles. The molecule has 0 bridgehead atoms. The highest BCUT2D eigenvalue weighted by molar-refractivity contribution is 5.67. The van der Waals surface area contributed by atoms with Crippen molar-refractivity contribution in [3.63, 3.8) is 0 Å². The third kappa shape index (κ3) is 1.96. The molecule has 0 amide bonds. The molecule has 2 aromatic rings. The highest BCUT2D eigenvalue weighted by Crippen LogP contribution is 2.24. The van der Waals surface area contributed by atoms with Crippen LogP contribution in [0.5, 0.6) is 0 Å². The SMILES string of the molecule is Nc1ccc(F)c(-c2ccc(F)cc2)c1. The van der Waals surface area contributed by atoms with Gasteiger partial charge in [-0.15, -0.1) is 0 Å². The molecule has 0 radical (unpaired) electrons. The molecule has 15 heavy (non-hydrogen) atoms. The van der Waals surface area contributed by atoms with Gasteiger partial charge in [-0.1, -0.05) is 12.1 Å². The summed E-state index contributed by atoms with van der Waals surface area (Å²) in [5.74, 6) is -0.709. The van der Waals surface area contributed by atoms with Gasteiger partial charge in [-0.25, -0.2) is 8.78 Å². The zero-order valence-corrected chi connectivity index (χ0v) is 7.87. The maximum atomic E-state index is 13.4. The summed E-state index contributed by atoms with van der Waals surface area (Å²) in [6.07, 6.45) is 0. The van der Waals surface area contributed by atoms with Crippen molar-refractivity contribution >= 4 is 5.69 Å². The van der Waals surface area contributed by atoms with Gasteiger partial charge in [0.1, 0.15) is 11.6 Å². The molecule has 3 heteroatoms. The van der Waals surface area contributed by atoms with Crippen molar-refractivity contribution in [3.05, 3.63) is 54.1 Å². The number of hydrogen-bond acceptors (Lipinski definition) is 1. The van der Waals surface area contributed by atoms with E-state index in [0.717, 1.165) is 0 Å². The Balaban J connectivity index is 2.53. The summed E-state index contributed by atoms with van der Waals surface area (Å²) in [5.41, 5.74) is 7.03. The highest BCUT2D eigenvalue weighted by Gasteiger charge is 2.05. The molecule has 0 aliphatic carbocycles. The molecule has 0 fully saturated rings. The Morgan fingerprint density at radius 2 is 1.53 bits per heavy atom. The van der Waals surface area contributed by atoms with Gasteiger partial charge in [0.05, 0.1) is 0 Å². The van der Waals surface area contributed by atoms with Crippen LogP contribution >= 0.6 is 0 Å². The number of nitrogen functional groups attached to an aromatic ring is 1. The maximum absolute atomic E-state index is 13.4. The third-order valence-electron chi connectivity index (χ3n) is 2.15. The number of rotatable bonds is 1. The Bertz CT molecular complexity index is 477. The minimum atomic E-state index is -0.365. The van der Waals surface area contributed by atoms with Crippen LogP contribution in [0.25, 0.3) is 11.1 Å². The fourth-order valence-corrected chi connectivity index (χ4v) is 1.39. The molecule has 0 aliphatic heterocycles. The van der Waals surface area contributed by atoms with Crippen LogP contribution in [0.15, 0.2) is 42.5 Å². The van der Waals surface area contributed by atoms with E-state index in [1.54, 1.807) is 0 Å². The van der Waals surface area contributed by atoms with Crippen LogP contribution < -0.4 is 5.73 Å². The van der Waals surface area contributed by atoms with Crippen LogP contribution in [0.4, 0.5) is 14.5 Å². The summed E-state index contributed by atoms with van der Waals surface area (Å²) in [7, 11) is 0. The Labute approximate surface area is 86.2 Å². The fraction of sp³-hybridized carbons (Fsp3) is 0. The first-order chi connectivity index (χ1) is 7.16. The van der Waals surface area contributed by atoms with E-state index in [2.05, 4.69) is 0 Å². The van der Waals surface area contributed by atoms with Gasteiger partial charge in [0.2, 0.25) is 0 Å². The number of anilines is 1. The van der Waals surface area contributed by atoms with Crippen LogP contribution in [0.3, 0.4) is 0 Å². The third-order valence-corrected chi connectivity index (χ3v) is 2.15. The average molecular weight is 205 g/mol.